The number of ether oxygens (including phenoxy) is 1. The second-order valence-electron chi connectivity index (χ2n) is 5.19. The van der Waals surface area contributed by atoms with Gasteiger partial charge in [0.05, 0.1) is 4.90 Å². The van der Waals surface area contributed by atoms with E-state index in [0.29, 0.717) is 31.2 Å². The van der Waals surface area contributed by atoms with E-state index in [1.807, 2.05) is 0 Å². The maximum Gasteiger partial charge on any atom is 0.240 e. The van der Waals surface area contributed by atoms with Crippen molar-refractivity contribution < 1.29 is 17.5 Å². The Morgan fingerprint density at radius 1 is 1.33 bits per heavy atom. The quantitative estimate of drug-likeness (QED) is 0.829. The van der Waals surface area contributed by atoms with E-state index in [4.69, 9.17) is 4.74 Å². The third-order valence-corrected chi connectivity index (χ3v) is 5.02. The number of hydrogen-bond acceptors (Lipinski definition) is 4. The SMILES string of the molecule is CNCc1cc(S(=O)(=O)NCC2CCOCC2)ccc1F. The molecule has 0 saturated carbocycles. The van der Waals surface area contributed by atoms with Crippen molar-refractivity contribution in [3.05, 3.63) is 29.6 Å². The normalized spacial score (nSPS) is 17.0. The lowest BCUT2D eigenvalue weighted by atomic mass is 10.0. The van der Waals surface area contributed by atoms with Gasteiger partial charge >= 0.3 is 0 Å². The van der Waals surface area contributed by atoms with Crippen LogP contribution >= 0.6 is 0 Å². The third-order valence-electron chi connectivity index (χ3n) is 3.60. The van der Waals surface area contributed by atoms with Crippen LogP contribution in [-0.2, 0) is 21.3 Å². The molecule has 1 aromatic rings. The van der Waals surface area contributed by atoms with Crippen molar-refractivity contribution in [3.63, 3.8) is 0 Å². The molecule has 1 fully saturated rings. The summed E-state index contributed by atoms with van der Waals surface area (Å²) in [6.07, 6.45) is 1.72. The van der Waals surface area contributed by atoms with Gasteiger partial charge in [-0.1, -0.05) is 0 Å². The third kappa shape index (κ3) is 4.47. The minimum absolute atomic E-state index is 0.0983. The molecule has 1 aromatic carbocycles. The molecule has 0 spiro atoms. The van der Waals surface area contributed by atoms with E-state index in [0.717, 1.165) is 12.8 Å². The van der Waals surface area contributed by atoms with E-state index in [2.05, 4.69) is 10.0 Å². The monoisotopic (exact) mass is 316 g/mol. The molecule has 1 heterocycles. The van der Waals surface area contributed by atoms with Crippen LogP contribution in [0.3, 0.4) is 0 Å². The molecule has 0 amide bonds. The van der Waals surface area contributed by atoms with E-state index in [-0.39, 0.29) is 11.4 Å². The second-order valence-corrected chi connectivity index (χ2v) is 6.96. The summed E-state index contributed by atoms with van der Waals surface area (Å²) < 4.78 is 45.9. The second kappa shape index (κ2) is 7.31. The molecule has 1 aliphatic heterocycles. The molecule has 0 radical (unpaired) electrons. The highest BCUT2D eigenvalue weighted by Crippen LogP contribution is 2.17. The molecule has 118 valence electrons. The lowest BCUT2D eigenvalue weighted by Crippen LogP contribution is -2.32. The predicted molar refractivity (Wildman–Crippen MR) is 77.9 cm³/mol. The van der Waals surface area contributed by atoms with Gasteiger partial charge in [-0.2, -0.15) is 0 Å². The van der Waals surface area contributed by atoms with E-state index in [9.17, 15) is 12.8 Å². The van der Waals surface area contributed by atoms with Crippen LogP contribution in [0.4, 0.5) is 4.39 Å². The first-order valence-corrected chi connectivity index (χ1v) is 8.51. The van der Waals surface area contributed by atoms with Gasteiger partial charge in [0.25, 0.3) is 0 Å². The van der Waals surface area contributed by atoms with E-state index in [1.54, 1.807) is 7.05 Å². The number of rotatable bonds is 6. The average molecular weight is 316 g/mol. The van der Waals surface area contributed by atoms with Gasteiger partial charge in [0.1, 0.15) is 5.82 Å². The van der Waals surface area contributed by atoms with Gasteiger partial charge in [-0.3, -0.25) is 0 Å². The Labute approximate surface area is 124 Å². The Morgan fingerprint density at radius 3 is 2.71 bits per heavy atom. The molecule has 0 aromatic heterocycles. The van der Waals surface area contributed by atoms with Gasteiger partial charge < -0.3 is 10.1 Å². The minimum Gasteiger partial charge on any atom is -0.381 e. The molecular formula is C14H21FN2O3S. The molecule has 2 rings (SSSR count). The Hall–Kier alpha value is -1.02. The molecule has 21 heavy (non-hydrogen) atoms. The van der Waals surface area contributed by atoms with Gasteiger partial charge in [0.2, 0.25) is 10.0 Å². The molecule has 1 aliphatic rings. The summed E-state index contributed by atoms with van der Waals surface area (Å²) in [6.45, 7) is 2.03. The molecule has 5 nitrogen and oxygen atoms in total. The molecule has 0 bridgehead atoms. The molecular weight excluding hydrogens is 295 g/mol. The van der Waals surface area contributed by atoms with Gasteiger partial charge in [-0.25, -0.2) is 17.5 Å². The largest absolute Gasteiger partial charge is 0.381 e. The summed E-state index contributed by atoms with van der Waals surface area (Å²) >= 11 is 0. The van der Waals surface area contributed by atoms with Crippen molar-refractivity contribution in [2.45, 2.75) is 24.3 Å². The zero-order chi connectivity index (χ0) is 15.3. The van der Waals surface area contributed by atoms with Crippen LogP contribution in [0.25, 0.3) is 0 Å². The fourth-order valence-corrected chi connectivity index (χ4v) is 3.47. The number of benzene rings is 1. The van der Waals surface area contributed by atoms with Gasteiger partial charge in [0, 0.05) is 31.9 Å². The first kappa shape index (κ1) is 16.4. The maximum absolute atomic E-state index is 13.6. The molecule has 0 aliphatic carbocycles. The number of sulfonamides is 1. The van der Waals surface area contributed by atoms with Crippen LogP contribution in [0.5, 0.6) is 0 Å². The van der Waals surface area contributed by atoms with Crippen LogP contribution in [-0.4, -0.2) is 35.2 Å². The lowest BCUT2D eigenvalue weighted by Gasteiger charge is -2.22. The van der Waals surface area contributed by atoms with E-state index >= 15 is 0 Å². The number of halogens is 1. The smallest absolute Gasteiger partial charge is 0.240 e. The lowest BCUT2D eigenvalue weighted by molar-refractivity contribution is 0.0678. The molecule has 2 N–H and O–H groups in total. The van der Waals surface area contributed by atoms with Crippen LogP contribution in [0, 0.1) is 11.7 Å². The maximum atomic E-state index is 13.6. The van der Waals surface area contributed by atoms with Crippen molar-refractivity contribution in [2.75, 3.05) is 26.8 Å². The van der Waals surface area contributed by atoms with Crippen LogP contribution in [0.15, 0.2) is 23.1 Å². The topological polar surface area (TPSA) is 67.4 Å². The Balaban J connectivity index is 2.06. The van der Waals surface area contributed by atoms with Crippen molar-refractivity contribution in [1.82, 2.24) is 10.0 Å². The Morgan fingerprint density at radius 2 is 2.05 bits per heavy atom. The average Bonchev–Trinajstić information content (AvgIpc) is 2.49. The summed E-state index contributed by atoms with van der Waals surface area (Å²) in [5.41, 5.74) is 0.339. The predicted octanol–water partition coefficient (Wildman–Crippen LogP) is 1.25. The molecule has 7 heteroatoms. The van der Waals surface area contributed by atoms with Gasteiger partial charge in [0.15, 0.2) is 0 Å². The van der Waals surface area contributed by atoms with Crippen LogP contribution in [0.2, 0.25) is 0 Å². The first-order chi connectivity index (χ1) is 10.0. The Bertz CT molecular complexity index is 572. The Kier molecular flexibility index (Phi) is 5.69. The first-order valence-electron chi connectivity index (χ1n) is 7.03. The molecule has 0 atom stereocenters. The zero-order valence-electron chi connectivity index (χ0n) is 12.1. The number of nitrogens with one attached hydrogen (secondary N) is 2. The van der Waals surface area contributed by atoms with E-state index < -0.39 is 15.8 Å². The van der Waals surface area contributed by atoms with E-state index in [1.165, 1.54) is 18.2 Å². The summed E-state index contributed by atoms with van der Waals surface area (Å²) in [4.78, 5) is 0.0983. The minimum atomic E-state index is -3.60. The highest BCUT2D eigenvalue weighted by atomic mass is 32.2. The van der Waals surface area contributed by atoms with Crippen LogP contribution in [0.1, 0.15) is 18.4 Å². The highest BCUT2D eigenvalue weighted by molar-refractivity contribution is 7.89. The summed E-state index contributed by atoms with van der Waals surface area (Å²) in [5.74, 6) is -0.113. The summed E-state index contributed by atoms with van der Waals surface area (Å²) in [5, 5.41) is 2.82. The van der Waals surface area contributed by atoms with Gasteiger partial charge in [-0.15, -0.1) is 0 Å². The van der Waals surface area contributed by atoms with Crippen molar-refractivity contribution >= 4 is 10.0 Å². The standard InChI is InChI=1S/C14H21FN2O3S/c1-16-10-12-8-13(2-3-14(12)15)21(18,19)17-9-11-4-6-20-7-5-11/h2-3,8,11,16-17H,4-7,9-10H2,1H3. The summed E-state index contributed by atoms with van der Waals surface area (Å²) in [7, 11) is -1.92. The molecule has 0 unspecified atom stereocenters. The summed E-state index contributed by atoms with van der Waals surface area (Å²) in [6, 6.07) is 3.86. The fourth-order valence-electron chi connectivity index (χ4n) is 2.31. The van der Waals surface area contributed by atoms with Gasteiger partial charge in [-0.05, 0) is 44.0 Å². The fraction of sp³-hybridized carbons (Fsp3) is 0.571. The highest BCUT2D eigenvalue weighted by Gasteiger charge is 2.20. The van der Waals surface area contributed by atoms with Crippen molar-refractivity contribution in [2.24, 2.45) is 5.92 Å². The van der Waals surface area contributed by atoms with Crippen molar-refractivity contribution in [3.8, 4) is 0 Å². The molecule has 1 saturated heterocycles. The van der Waals surface area contributed by atoms with Crippen LogP contribution < -0.4 is 10.0 Å². The number of hydrogen-bond donors (Lipinski definition) is 2. The zero-order valence-corrected chi connectivity index (χ0v) is 12.9. The van der Waals surface area contributed by atoms with Crippen molar-refractivity contribution in [1.29, 1.82) is 0 Å².